The highest BCUT2D eigenvalue weighted by atomic mass is 32.1. The molecule has 1 aromatic carbocycles. The highest BCUT2D eigenvalue weighted by Crippen LogP contribution is 2.14. The molecule has 0 saturated carbocycles. The summed E-state index contributed by atoms with van der Waals surface area (Å²) in [5.74, 6) is -0.115. The zero-order chi connectivity index (χ0) is 15.7. The molecule has 0 bridgehead atoms. The fraction of sp³-hybridized carbons (Fsp3) is 0.400. The van der Waals surface area contributed by atoms with Gasteiger partial charge in [0.2, 0.25) is 11.8 Å². The molecule has 21 heavy (non-hydrogen) atoms. The molecule has 0 aliphatic heterocycles. The van der Waals surface area contributed by atoms with Crippen LogP contribution >= 0.6 is 12.2 Å². The van der Waals surface area contributed by atoms with Crippen LogP contribution in [0.3, 0.4) is 0 Å². The lowest BCUT2D eigenvalue weighted by Crippen LogP contribution is -2.33. The molecular weight excluding hydrogens is 286 g/mol. The van der Waals surface area contributed by atoms with E-state index in [1.54, 1.807) is 31.2 Å². The number of carbonyl (C=O) groups is 2. The number of hydrogen-bond acceptors (Lipinski definition) is 3. The van der Waals surface area contributed by atoms with Crippen LogP contribution in [0.1, 0.15) is 39.5 Å². The quantitative estimate of drug-likeness (QED) is 0.707. The van der Waals surface area contributed by atoms with E-state index in [-0.39, 0.29) is 16.9 Å². The molecule has 1 aromatic rings. The van der Waals surface area contributed by atoms with E-state index in [0.29, 0.717) is 12.8 Å². The van der Waals surface area contributed by atoms with E-state index in [9.17, 15) is 9.59 Å². The van der Waals surface area contributed by atoms with Gasteiger partial charge in [0.25, 0.3) is 0 Å². The molecule has 0 heterocycles. The average Bonchev–Trinajstić information content (AvgIpc) is 2.47. The molecule has 0 spiro atoms. The first-order chi connectivity index (χ1) is 10.0. The first kappa shape index (κ1) is 17.1. The number of benzene rings is 1. The lowest BCUT2D eigenvalue weighted by molar-refractivity contribution is -0.119. The normalized spacial score (nSPS) is 9.81. The number of unbranched alkanes of at least 4 members (excludes halogenated alkanes) is 1. The van der Waals surface area contributed by atoms with E-state index in [2.05, 4.69) is 16.0 Å². The van der Waals surface area contributed by atoms with Gasteiger partial charge in [-0.15, -0.1) is 0 Å². The fourth-order valence-corrected chi connectivity index (χ4v) is 1.81. The second-order valence-electron chi connectivity index (χ2n) is 4.58. The first-order valence-electron chi connectivity index (χ1n) is 7.06. The Morgan fingerprint density at radius 3 is 2.10 bits per heavy atom. The predicted molar refractivity (Wildman–Crippen MR) is 89.3 cm³/mol. The molecule has 2 amide bonds. The van der Waals surface area contributed by atoms with Crippen LogP contribution in [-0.2, 0) is 9.59 Å². The summed E-state index contributed by atoms with van der Waals surface area (Å²) in [6, 6.07) is 7.16. The summed E-state index contributed by atoms with van der Waals surface area (Å²) in [6.07, 6.45) is 2.79. The van der Waals surface area contributed by atoms with Gasteiger partial charge in [-0.25, -0.2) is 0 Å². The van der Waals surface area contributed by atoms with Crippen LogP contribution in [0.4, 0.5) is 11.4 Å². The summed E-state index contributed by atoms with van der Waals surface area (Å²) in [5, 5.41) is 8.56. The van der Waals surface area contributed by atoms with Crippen molar-refractivity contribution in [3.8, 4) is 0 Å². The number of anilines is 2. The molecule has 0 atom stereocenters. The van der Waals surface area contributed by atoms with Crippen LogP contribution in [0.25, 0.3) is 0 Å². The van der Waals surface area contributed by atoms with E-state index < -0.39 is 0 Å². The smallest absolute Gasteiger partial charge is 0.225 e. The maximum atomic E-state index is 11.6. The maximum Gasteiger partial charge on any atom is 0.225 e. The second-order valence-corrected chi connectivity index (χ2v) is 4.99. The summed E-state index contributed by atoms with van der Waals surface area (Å²) < 4.78 is 0. The molecule has 1 rings (SSSR count). The average molecular weight is 307 g/mol. The van der Waals surface area contributed by atoms with Crippen molar-refractivity contribution in [2.45, 2.75) is 39.5 Å². The molecule has 0 aliphatic rings. The summed E-state index contributed by atoms with van der Waals surface area (Å²) in [7, 11) is 0. The summed E-state index contributed by atoms with van der Waals surface area (Å²) in [5.41, 5.74) is 1.49. The molecule has 6 heteroatoms. The minimum Gasteiger partial charge on any atom is -0.332 e. The predicted octanol–water partition coefficient (Wildman–Crippen LogP) is 3.04. The van der Waals surface area contributed by atoms with Crippen LogP contribution in [-0.4, -0.2) is 16.9 Å². The van der Waals surface area contributed by atoms with Crippen LogP contribution in [0, 0.1) is 0 Å². The molecule has 114 valence electrons. The number of thiocarbonyl (C=S) groups is 1. The SMILES string of the molecule is CCCCC(=O)Nc1ccc(NC(=S)NC(=O)CC)cc1. The number of nitrogens with one attached hydrogen (secondary N) is 3. The molecule has 0 aromatic heterocycles. The van der Waals surface area contributed by atoms with Crippen LogP contribution in [0.5, 0.6) is 0 Å². The molecule has 0 fully saturated rings. The van der Waals surface area contributed by atoms with Crippen molar-refractivity contribution in [1.29, 1.82) is 0 Å². The Bertz CT molecular complexity index is 500. The summed E-state index contributed by atoms with van der Waals surface area (Å²) in [4.78, 5) is 22.8. The zero-order valence-electron chi connectivity index (χ0n) is 12.4. The van der Waals surface area contributed by atoms with Gasteiger partial charge in [0.05, 0.1) is 0 Å². The van der Waals surface area contributed by atoms with Gasteiger partial charge in [0.1, 0.15) is 0 Å². The third-order valence-electron chi connectivity index (χ3n) is 2.76. The van der Waals surface area contributed by atoms with Gasteiger partial charge >= 0.3 is 0 Å². The highest BCUT2D eigenvalue weighted by Gasteiger charge is 2.04. The van der Waals surface area contributed by atoms with Gasteiger partial charge in [-0.3, -0.25) is 9.59 Å². The molecule has 0 aliphatic carbocycles. The van der Waals surface area contributed by atoms with Gasteiger partial charge in [-0.2, -0.15) is 0 Å². The van der Waals surface area contributed by atoms with E-state index >= 15 is 0 Å². The molecule has 0 radical (unpaired) electrons. The number of carbonyl (C=O) groups excluding carboxylic acids is 2. The summed E-state index contributed by atoms with van der Waals surface area (Å²) in [6.45, 7) is 3.81. The van der Waals surface area contributed by atoms with Gasteiger partial charge in [0, 0.05) is 24.2 Å². The van der Waals surface area contributed by atoms with Crippen LogP contribution in [0.2, 0.25) is 0 Å². The zero-order valence-corrected chi connectivity index (χ0v) is 13.2. The minimum atomic E-state index is -0.132. The molecular formula is C15H21N3O2S. The number of rotatable bonds is 6. The molecule has 0 saturated heterocycles. The van der Waals surface area contributed by atoms with Crippen molar-refractivity contribution in [1.82, 2.24) is 5.32 Å². The standard InChI is InChI=1S/C15H21N3O2S/c1-3-5-6-14(20)16-11-7-9-12(10-8-11)17-15(21)18-13(19)4-2/h7-10H,3-6H2,1-2H3,(H,16,20)(H2,17,18,19,21). The molecule has 5 nitrogen and oxygen atoms in total. The highest BCUT2D eigenvalue weighted by molar-refractivity contribution is 7.80. The van der Waals surface area contributed by atoms with E-state index in [1.807, 2.05) is 6.92 Å². The van der Waals surface area contributed by atoms with Crippen LogP contribution < -0.4 is 16.0 Å². The Labute approximate surface area is 130 Å². The Morgan fingerprint density at radius 2 is 1.57 bits per heavy atom. The van der Waals surface area contributed by atoms with E-state index in [0.717, 1.165) is 24.2 Å². The van der Waals surface area contributed by atoms with Gasteiger partial charge in [0.15, 0.2) is 5.11 Å². The van der Waals surface area contributed by atoms with Crippen molar-refractivity contribution in [2.75, 3.05) is 10.6 Å². The van der Waals surface area contributed by atoms with Crippen molar-refractivity contribution < 1.29 is 9.59 Å². The van der Waals surface area contributed by atoms with Crippen molar-refractivity contribution in [2.24, 2.45) is 0 Å². The second kappa shape index (κ2) is 9.07. The third-order valence-corrected chi connectivity index (χ3v) is 2.96. The monoisotopic (exact) mass is 307 g/mol. The summed E-state index contributed by atoms with van der Waals surface area (Å²) >= 11 is 5.02. The molecule has 0 unspecified atom stereocenters. The minimum absolute atomic E-state index is 0.0169. The van der Waals surface area contributed by atoms with E-state index in [4.69, 9.17) is 12.2 Å². The largest absolute Gasteiger partial charge is 0.332 e. The van der Waals surface area contributed by atoms with Gasteiger partial charge < -0.3 is 16.0 Å². The van der Waals surface area contributed by atoms with Crippen molar-refractivity contribution >= 4 is 40.5 Å². The number of amides is 2. The van der Waals surface area contributed by atoms with Crippen molar-refractivity contribution in [3.05, 3.63) is 24.3 Å². The van der Waals surface area contributed by atoms with E-state index in [1.165, 1.54) is 0 Å². The number of hydrogen-bond donors (Lipinski definition) is 3. The van der Waals surface area contributed by atoms with Crippen molar-refractivity contribution in [3.63, 3.8) is 0 Å². The first-order valence-corrected chi connectivity index (χ1v) is 7.46. The Hall–Kier alpha value is -1.95. The maximum absolute atomic E-state index is 11.6. The Balaban J connectivity index is 2.48. The van der Waals surface area contributed by atoms with Crippen LogP contribution in [0.15, 0.2) is 24.3 Å². The van der Waals surface area contributed by atoms with Gasteiger partial charge in [-0.05, 0) is 42.9 Å². The fourth-order valence-electron chi connectivity index (χ4n) is 1.58. The lowest BCUT2D eigenvalue weighted by Gasteiger charge is -2.10. The Morgan fingerprint density at radius 1 is 1.00 bits per heavy atom. The topological polar surface area (TPSA) is 70.2 Å². The van der Waals surface area contributed by atoms with Gasteiger partial charge in [-0.1, -0.05) is 20.3 Å². The Kier molecular flexibility index (Phi) is 7.39. The molecule has 3 N–H and O–H groups in total. The third kappa shape index (κ3) is 6.85. The lowest BCUT2D eigenvalue weighted by atomic mass is 10.2.